The first-order valence-corrected chi connectivity index (χ1v) is 3.75. The first-order chi connectivity index (χ1) is 5.15. The molecule has 1 fully saturated rings. The van der Waals surface area contributed by atoms with Gasteiger partial charge in [-0.25, -0.2) is 0 Å². The van der Waals surface area contributed by atoms with Gasteiger partial charge in [-0.2, -0.15) is 0 Å². The van der Waals surface area contributed by atoms with E-state index in [9.17, 15) is 9.90 Å². The number of likely N-dealkylation sites (N-methyl/N-ethyl adjacent to an activating group) is 2. The first-order valence-electron chi connectivity index (χ1n) is 3.75. The summed E-state index contributed by atoms with van der Waals surface area (Å²) in [7, 11) is 3.46. The average molecular weight is 158 g/mol. The lowest BCUT2D eigenvalue weighted by atomic mass is 10.2. The van der Waals surface area contributed by atoms with Gasteiger partial charge in [-0.15, -0.1) is 0 Å². The number of aliphatic hydroxyl groups is 1. The van der Waals surface area contributed by atoms with Crippen molar-refractivity contribution in [2.24, 2.45) is 0 Å². The van der Waals surface area contributed by atoms with E-state index in [4.69, 9.17) is 0 Å². The maximum atomic E-state index is 11.1. The van der Waals surface area contributed by atoms with Crippen molar-refractivity contribution in [3.63, 3.8) is 0 Å². The van der Waals surface area contributed by atoms with Crippen molar-refractivity contribution in [3.05, 3.63) is 0 Å². The summed E-state index contributed by atoms with van der Waals surface area (Å²) in [4.78, 5) is 13.0. The van der Waals surface area contributed by atoms with Gasteiger partial charge in [0, 0.05) is 13.6 Å². The van der Waals surface area contributed by atoms with Crippen molar-refractivity contribution < 1.29 is 9.90 Å². The highest BCUT2D eigenvalue weighted by atomic mass is 16.3. The molecule has 0 aromatic carbocycles. The highest BCUT2D eigenvalue weighted by Gasteiger charge is 2.32. The molecule has 0 aromatic heterocycles. The van der Waals surface area contributed by atoms with Gasteiger partial charge in [0.05, 0.1) is 12.1 Å². The van der Waals surface area contributed by atoms with E-state index >= 15 is 0 Å². The Labute approximate surface area is 66.2 Å². The summed E-state index contributed by atoms with van der Waals surface area (Å²) in [6.07, 6.45) is 0.207. The van der Waals surface area contributed by atoms with Crippen molar-refractivity contribution in [2.45, 2.75) is 18.6 Å². The van der Waals surface area contributed by atoms with Gasteiger partial charge >= 0.3 is 0 Å². The molecular weight excluding hydrogens is 144 g/mol. The molecule has 1 saturated heterocycles. The Morgan fingerprint density at radius 2 is 2.36 bits per heavy atom. The van der Waals surface area contributed by atoms with Crippen LogP contribution in [0.2, 0.25) is 0 Å². The molecule has 2 atom stereocenters. The number of hydrogen-bond donors (Lipinski definition) is 2. The predicted molar refractivity (Wildman–Crippen MR) is 41.1 cm³/mol. The van der Waals surface area contributed by atoms with Crippen LogP contribution in [0.5, 0.6) is 0 Å². The Hall–Kier alpha value is -0.610. The predicted octanol–water partition coefficient (Wildman–Crippen LogP) is -1.20. The molecule has 0 bridgehead atoms. The van der Waals surface area contributed by atoms with E-state index in [1.807, 2.05) is 11.9 Å². The van der Waals surface area contributed by atoms with E-state index in [0.29, 0.717) is 13.0 Å². The number of amides is 1. The van der Waals surface area contributed by atoms with Crippen LogP contribution < -0.4 is 5.32 Å². The lowest BCUT2D eigenvalue weighted by Gasteiger charge is -2.16. The third-order valence-corrected chi connectivity index (χ3v) is 2.08. The minimum atomic E-state index is -0.345. The average Bonchev–Trinajstić information content (AvgIpc) is 2.28. The summed E-state index contributed by atoms with van der Waals surface area (Å²) in [5, 5.41) is 11.8. The molecular formula is C7H14N2O2. The molecule has 64 valence electrons. The van der Waals surface area contributed by atoms with E-state index in [2.05, 4.69) is 5.32 Å². The van der Waals surface area contributed by atoms with Crippen LogP contribution in [0.1, 0.15) is 6.42 Å². The number of likely N-dealkylation sites (tertiary alicyclic amines) is 1. The third-order valence-electron chi connectivity index (χ3n) is 2.08. The first kappa shape index (κ1) is 8.49. The van der Waals surface area contributed by atoms with E-state index in [1.165, 1.54) is 0 Å². The molecule has 4 nitrogen and oxygen atoms in total. The lowest BCUT2D eigenvalue weighted by molar-refractivity contribution is -0.124. The summed E-state index contributed by atoms with van der Waals surface area (Å²) < 4.78 is 0. The molecule has 1 aliphatic rings. The minimum absolute atomic E-state index is 0.0101. The van der Waals surface area contributed by atoms with E-state index < -0.39 is 0 Å². The number of hydrogen-bond acceptors (Lipinski definition) is 3. The highest BCUT2D eigenvalue weighted by molar-refractivity contribution is 5.81. The number of nitrogens with zero attached hydrogens (tertiary/aromatic N) is 1. The SMILES string of the molecule is CNC(=O)[C@H]1C[C@H](O)CN1C. The molecule has 11 heavy (non-hydrogen) atoms. The molecule has 1 amide bonds. The molecule has 0 aromatic rings. The Kier molecular flexibility index (Phi) is 2.46. The fourth-order valence-corrected chi connectivity index (χ4v) is 1.45. The van der Waals surface area contributed by atoms with Crippen LogP contribution in [-0.2, 0) is 4.79 Å². The summed E-state index contributed by atoms with van der Waals surface area (Å²) in [6.45, 7) is 0.595. The molecule has 0 aliphatic carbocycles. The number of nitrogens with one attached hydrogen (secondary N) is 1. The second-order valence-electron chi connectivity index (χ2n) is 2.96. The van der Waals surface area contributed by atoms with Crippen LogP contribution in [0, 0.1) is 0 Å². The zero-order chi connectivity index (χ0) is 8.43. The fourth-order valence-electron chi connectivity index (χ4n) is 1.45. The van der Waals surface area contributed by atoms with Gasteiger partial charge < -0.3 is 10.4 Å². The van der Waals surface area contributed by atoms with Crippen molar-refractivity contribution >= 4 is 5.91 Å². The zero-order valence-electron chi connectivity index (χ0n) is 6.87. The van der Waals surface area contributed by atoms with Crippen molar-refractivity contribution in [1.82, 2.24) is 10.2 Å². The number of β-amino-alcohol motifs (C(OH)–C–C–N with tert-alkyl or cyclic N) is 1. The Bertz CT molecular complexity index is 161. The standard InChI is InChI=1S/C7H14N2O2/c1-8-7(11)6-3-5(10)4-9(6)2/h5-6,10H,3-4H2,1-2H3,(H,8,11)/t5-,6+/m0/s1. The third kappa shape index (κ3) is 1.70. The molecule has 1 heterocycles. The second kappa shape index (κ2) is 3.19. The topological polar surface area (TPSA) is 52.6 Å². The van der Waals surface area contributed by atoms with Gasteiger partial charge in [0.15, 0.2) is 0 Å². The van der Waals surface area contributed by atoms with Gasteiger partial charge in [0.1, 0.15) is 0 Å². The van der Waals surface area contributed by atoms with Crippen LogP contribution in [0.3, 0.4) is 0 Å². The maximum Gasteiger partial charge on any atom is 0.237 e. The minimum Gasteiger partial charge on any atom is -0.392 e. The fraction of sp³-hybridized carbons (Fsp3) is 0.857. The summed E-state index contributed by atoms with van der Waals surface area (Å²) in [5.74, 6) is -0.0101. The Balaban J connectivity index is 2.52. The van der Waals surface area contributed by atoms with Crippen LogP contribution in [-0.4, -0.2) is 48.7 Å². The van der Waals surface area contributed by atoms with Crippen LogP contribution in [0.4, 0.5) is 0 Å². The van der Waals surface area contributed by atoms with Crippen LogP contribution in [0.15, 0.2) is 0 Å². The van der Waals surface area contributed by atoms with E-state index in [0.717, 1.165) is 0 Å². The molecule has 2 N–H and O–H groups in total. The van der Waals surface area contributed by atoms with Crippen LogP contribution in [0.25, 0.3) is 0 Å². The molecule has 0 radical (unpaired) electrons. The van der Waals surface area contributed by atoms with Gasteiger partial charge in [0.25, 0.3) is 0 Å². The van der Waals surface area contributed by atoms with Crippen molar-refractivity contribution in [2.75, 3.05) is 20.6 Å². The summed E-state index contributed by atoms with van der Waals surface area (Å²) in [6, 6.07) is -0.144. The monoisotopic (exact) mass is 158 g/mol. The molecule has 0 spiro atoms. The van der Waals surface area contributed by atoms with Gasteiger partial charge in [-0.3, -0.25) is 9.69 Å². The smallest absolute Gasteiger partial charge is 0.237 e. The van der Waals surface area contributed by atoms with E-state index in [1.54, 1.807) is 7.05 Å². The quantitative estimate of drug-likeness (QED) is 0.504. The number of carbonyl (C=O) groups excluding carboxylic acids is 1. The zero-order valence-corrected chi connectivity index (χ0v) is 6.87. The molecule has 1 aliphatic heterocycles. The Morgan fingerprint density at radius 1 is 1.73 bits per heavy atom. The van der Waals surface area contributed by atoms with Crippen molar-refractivity contribution in [3.8, 4) is 0 Å². The molecule has 0 saturated carbocycles. The summed E-state index contributed by atoms with van der Waals surface area (Å²) in [5.41, 5.74) is 0. The highest BCUT2D eigenvalue weighted by Crippen LogP contribution is 2.14. The maximum absolute atomic E-state index is 11.1. The van der Waals surface area contributed by atoms with Gasteiger partial charge in [-0.1, -0.05) is 0 Å². The van der Waals surface area contributed by atoms with Crippen molar-refractivity contribution in [1.29, 1.82) is 0 Å². The molecule has 4 heteroatoms. The lowest BCUT2D eigenvalue weighted by Crippen LogP contribution is -2.39. The second-order valence-corrected chi connectivity index (χ2v) is 2.96. The Morgan fingerprint density at radius 3 is 2.73 bits per heavy atom. The largest absolute Gasteiger partial charge is 0.392 e. The van der Waals surface area contributed by atoms with Crippen LogP contribution >= 0.6 is 0 Å². The number of carbonyl (C=O) groups is 1. The number of rotatable bonds is 1. The molecule has 0 unspecified atom stereocenters. The number of aliphatic hydroxyl groups excluding tert-OH is 1. The normalized spacial score (nSPS) is 32.3. The van der Waals surface area contributed by atoms with Gasteiger partial charge in [0.2, 0.25) is 5.91 Å². The van der Waals surface area contributed by atoms with Gasteiger partial charge in [-0.05, 0) is 13.5 Å². The van der Waals surface area contributed by atoms with E-state index in [-0.39, 0.29) is 18.1 Å². The summed E-state index contributed by atoms with van der Waals surface area (Å²) >= 11 is 0. The molecule has 1 rings (SSSR count).